The number of ketones is 1. The van der Waals surface area contributed by atoms with Gasteiger partial charge in [0.1, 0.15) is 5.54 Å². The summed E-state index contributed by atoms with van der Waals surface area (Å²) in [6, 6.07) is 10.7. The fourth-order valence-corrected chi connectivity index (χ4v) is 14.8. The molecule has 0 bridgehead atoms. The average molecular weight is 1110 g/mol. The Morgan fingerprint density at radius 1 is 0.716 bits per heavy atom. The molecule has 6 aliphatic carbocycles. The summed E-state index contributed by atoms with van der Waals surface area (Å²) in [5.74, 6) is -2.87. The molecule has 2 aromatic carbocycles. The number of halogens is 8. The molecular formula is C45H49Br2F6N4O8S2+. The van der Waals surface area contributed by atoms with E-state index in [0.717, 1.165) is 43.9 Å². The fourth-order valence-electron chi connectivity index (χ4n) is 10.1. The third-order valence-electron chi connectivity index (χ3n) is 14.2. The van der Waals surface area contributed by atoms with E-state index in [-0.39, 0.29) is 59.1 Å². The van der Waals surface area contributed by atoms with Crippen molar-refractivity contribution >= 4 is 63.2 Å². The van der Waals surface area contributed by atoms with Gasteiger partial charge >= 0.3 is 12.4 Å². The molecule has 6 fully saturated rings. The van der Waals surface area contributed by atoms with E-state index < -0.39 is 111 Å². The highest BCUT2D eigenvalue weighted by Gasteiger charge is 2.54. The minimum atomic E-state index is -4.97. The number of ether oxygens (including phenoxy) is 2. The maximum atomic E-state index is 14.1. The Bertz CT molecular complexity index is 2600. The highest BCUT2D eigenvalue weighted by molar-refractivity contribution is 9.10. The Morgan fingerprint density at radius 3 is 1.73 bits per heavy atom. The molecule has 0 aliphatic heterocycles. The molecule has 6 aliphatic rings. The zero-order valence-electron chi connectivity index (χ0n) is 36.0. The Kier molecular flexibility index (Phi) is 14.2. The predicted octanol–water partition coefficient (Wildman–Crippen LogP) is 8.88. The number of Topliss-reactive ketones (excluding diaryl/α,β-unsaturated/α-hetero) is 1. The Hall–Kier alpha value is -3.12. The molecule has 2 N–H and O–H groups in total. The van der Waals surface area contributed by atoms with Crippen LogP contribution in [0.2, 0.25) is 0 Å². The van der Waals surface area contributed by atoms with Gasteiger partial charge in [-0.15, -0.1) is 0 Å². The van der Waals surface area contributed by atoms with Crippen molar-refractivity contribution in [2.24, 2.45) is 11.8 Å². The van der Waals surface area contributed by atoms with Crippen molar-refractivity contribution in [1.29, 1.82) is 5.26 Å². The van der Waals surface area contributed by atoms with Crippen molar-refractivity contribution in [2.75, 3.05) is 6.54 Å². The number of nitrogens with one attached hydrogen (secondary N) is 2. The van der Waals surface area contributed by atoms with Gasteiger partial charge in [-0.05, 0) is 107 Å². The van der Waals surface area contributed by atoms with E-state index in [1.165, 1.54) is 12.1 Å². The molecule has 2 aromatic rings. The van der Waals surface area contributed by atoms with Gasteiger partial charge in [0.25, 0.3) is 12.1 Å². The second-order valence-corrected chi connectivity index (χ2v) is 25.2. The predicted molar refractivity (Wildman–Crippen MR) is 237 cm³/mol. The highest BCUT2D eigenvalue weighted by atomic mass is 79.9. The van der Waals surface area contributed by atoms with Crippen LogP contribution in [-0.4, -0.2) is 87.1 Å². The number of amides is 1. The number of hydrogen-bond donors (Lipinski definition) is 2. The number of carbonyl (C=O) groups is 2. The van der Waals surface area contributed by atoms with E-state index in [9.17, 15) is 58.0 Å². The van der Waals surface area contributed by atoms with Gasteiger partial charge in [0, 0.05) is 21.3 Å². The van der Waals surface area contributed by atoms with Crippen molar-refractivity contribution in [1.82, 2.24) is 10.6 Å². The van der Waals surface area contributed by atoms with Crippen molar-refractivity contribution in [3.8, 4) is 12.1 Å². The third-order valence-corrected chi connectivity index (χ3v) is 19.6. The van der Waals surface area contributed by atoms with Crippen molar-refractivity contribution < 1.29 is 62.2 Å². The molecule has 0 saturated heterocycles. The zero-order chi connectivity index (χ0) is 48.3. The Morgan fingerprint density at radius 2 is 1.22 bits per heavy atom. The van der Waals surface area contributed by atoms with Crippen LogP contribution in [-0.2, 0) is 51.1 Å². The second kappa shape index (κ2) is 18.9. The van der Waals surface area contributed by atoms with Crippen LogP contribution in [0.1, 0.15) is 107 Å². The number of nitrogens with zero attached hydrogens (tertiary/aromatic N) is 2. The van der Waals surface area contributed by atoms with Gasteiger partial charge < -0.3 is 14.8 Å². The van der Waals surface area contributed by atoms with Crippen molar-refractivity contribution in [3.63, 3.8) is 0 Å². The average Bonchev–Trinajstić information content (AvgIpc) is 3.81. The van der Waals surface area contributed by atoms with Crippen LogP contribution in [0.3, 0.4) is 0 Å². The van der Waals surface area contributed by atoms with E-state index in [0.29, 0.717) is 51.0 Å². The monoisotopic (exact) mass is 1110 g/mol. The SMILES string of the molecule is N#CC1(NC(=O)[C@H]2C[C@H](S(=O)(=O)c3ccc(Br)cc3C(F)(F)F)C[C@@H]2OC2CCC([N+]#CC3(NCC(=O)[C@@H]4C[C@@H](S(=O)(=O)c5ccc(Br)cc5C(F)(F)F)C[C@H]4OC4CCCC4)CC3)C2)CC1. The smallest absolute Gasteiger partial charge is 0.374 e. The van der Waals surface area contributed by atoms with Gasteiger partial charge in [0.05, 0.1) is 80.8 Å². The summed E-state index contributed by atoms with van der Waals surface area (Å²) in [4.78, 5) is 30.5. The summed E-state index contributed by atoms with van der Waals surface area (Å²) in [5, 5.41) is 12.9. The van der Waals surface area contributed by atoms with Crippen molar-refractivity contribution in [3.05, 3.63) is 61.3 Å². The molecule has 0 heterocycles. The third kappa shape index (κ3) is 11.1. The van der Waals surface area contributed by atoms with Gasteiger partial charge in [0.15, 0.2) is 31.0 Å². The summed E-state index contributed by atoms with van der Waals surface area (Å²) >= 11 is 5.99. The maximum absolute atomic E-state index is 14.1. The molecule has 364 valence electrons. The normalized spacial score (nSPS) is 29.2. The number of nitriles is 1. The minimum absolute atomic E-state index is 0.0434. The molecule has 67 heavy (non-hydrogen) atoms. The zero-order valence-corrected chi connectivity index (χ0v) is 40.8. The van der Waals surface area contributed by atoms with Crippen LogP contribution in [0.4, 0.5) is 26.3 Å². The summed E-state index contributed by atoms with van der Waals surface area (Å²) in [6.07, 6.45) is -6.55. The van der Waals surface area contributed by atoms with Crippen LogP contribution in [0, 0.1) is 29.2 Å². The van der Waals surface area contributed by atoms with Gasteiger partial charge in [-0.1, -0.05) is 49.5 Å². The van der Waals surface area contributed by atoms with Crippen LogP contribution in [0.15, 0.2) is 55.1 Å². The van der Waals surface area contributed by atoms with Crippen LogP contribution >= 0.6 is 31.9 Å². The first-order valence-electron chi connectivity index (χ1n) is 22.4. The molecular weight excluding hydrogens is 1060 g/mol. The lowest BCUT2D eigenvalue weighted by molar-refractivity contribution is -0.140. The Labute approximate surface area is 401 Å². The summed E-state index contributed by atoms with van der Waals surface area (Å²) < 4.78 is 153. The number of hydrogen-bond acceptors (Lipinski definition) is 10. The van der Waals surface area contributed by atoms with E-state index in [1.54, 1.807) is 0 Å². The topological polar surface area (TPSA) is 173 Å². The highest BCUT2D eigenvalue weighted by Crippen LogP contribution is 2.46. The first kappa shape index (κ1) is 50.3. The van der Waals surface area contributed by atoms with Crippen molar-refractivity contribution in [2.45, 2.75) is 170 Å². The number of alkyl halides is 6. The molecule has 22 heteroatoms. The molecule has 8 atom stereocenters. The number of carbonyl (C=O) groups excluding carboxylic acids is 2. The summed E-state index contributed by atoms with van der Waals surface area (Å²) in [5.41, 5.74) is -4.44. The molecule has 12 nitrogen and oxygen atoms in total. The minimum Gasteiger partial charge on any atom is -0.374 e. The molecule has 1 amide bonds. The van der Waals surface area contributed by atoms with Crippen LogP contribution < -0.4 is 10.6 Å². The van der Waals surface area contributed by atoms with Gasteiger partial charge in [-0.2, -0.15) is 31.6 Å². The van der Waals surface area contributed by atoms with Gasteiger partial charge in [-0.3, -0.25) is 14.9 Å². The van der Waals surface area contributed by atoms with Crippen LogP contribution in [0.5, 0.6) is 0 Å². The lowest BCUT2D eigenvalue weighted by Crippen LogP contribution is -2.43. The summed E-state index contributed by atoms with van der Waals surface area (Å²) in [6.45, 7) is -0.181. The maximum Gasteiger partial charge on any atom is 0.417 e. The van der Waals surface area contributed by atoms with E-state index in [4.69, 9.17) is 9.47 Å². The molecule has 0 spiro atoms. The molecule has 0 aromatic heterocycles. The van der Waals surface area contributed by atoms with Crippen LogP contribution in [0.25, 0.3) is 4.85 Å². The largest absolute Gasteiger partial charge is 0.417 e. The van der Waals surface area contributed by atoms with Gasteiger partial charge in [-0.25, -0.2) is 16.8 Å². The Balaban J connectivity index is 0.917. The first-order valence-corrected chi connectivity index (χ1v) is 27.1. The number of sulfone groups is 2. The standard InChI is InChI=1S/C45H48Br2F6N4O8S2/c46-25-5-9-39(34(15-25)44(48,49)50)66(60,61)30-18-32(37(20-30)64-28-3-1-2-4-28)36(58)22-56-43(13-14-43)24-55-27-7-8-29(17-27)65-38-21-31(19-33(38)41(59)57-42(23-54)11-12-42)67(62,63)40-10-6-26(47)16-35(40)45(51,52)53/h5-6,9-10,15-16,27-33,37-38,56H,1-4,7-8,11-14,17-22H2/p+1/t27?,29?,30-,31+,32+,33+,37-,38+/m1/s1. The quantitative estimate of drug-likeness (QED) is 0.174. The lowest BCUT2D eigenvalue weighted by Gasteiger charge is -2.23. The number of rotatable bonds is 14. The lowest BCUT2D eigenvalue weighted by atomic mass is 9.99. The molecule has 0 radical (unpaired) electrons. The molecule has 6 saturated carbocycles. The van der Waals surface area contributed by atoms with E-state index in [2.05, 4.69) is 59.5 Å². The summed E-state index contributed by atoms with van der Waals surface area (Å²) in [7, 11) is -9.15. The van der Waals surface area contributed by atoms with E-state index >= 15 is 0 Å². The molecule has 8 rings (SSSR count). The second-order valence-electron chi connectivity index (χ2n) is 18.9. The van der Waals surface area contributed by atoms with E-state index in [1.807, 2.05) is 0 Å². The van der Waals surface area contributed by atoms with Gasteiger partial charge in [0.2, 0.25) is 5.91 Å². The number of benzene rings is 2. The molecule has 2 unspecified atom stereocenters. The fraction of sp³-hybridized carbons (Fsp3) is 0.644. The first-order chi connectivity index (χ1) is 31.4.